The van der Waals surface area contributed by atoms with Crippen LogP contribution in [0.2, 0.25) is 0 Å². The van der Waals surface area contributed by atoms with E-state index < -0.39 is 0 Å². The number of hydrogen-bond acceptors (Lipinski definition) is 2. The van der Waals surface area contributed by atoms with E-state index >= 15 is 0 Å². The summed E-state index contributed by atoms with van der Waals surface area (Å²) in [5, 5.41) is 7.32. The second-order valence-corrected chi connectivity index (χ2v) is 2.44. The smallest absolute Gasteiger partial charge is 0.0210 e. The largest absolute Gasteiger partial charge is 0.316 e. The van der Waals surface area contributed by atoms with Crippen LogP contribution in [0.25, 0.3) is 0 Å². The number of thiophene rings is 1. The van der Waals surface area contributed by atoms with Gasteiger partial charge in [0.2, 0.25) is 0 Å². The fourth-order valence-corrected chi connectivity index (χ4v) is 1.27. The van der Waals surface area contributed by atoms with E-state index in [9.17, 15) is 0 Å². The standard InChI is InChI=1S/C6H9NS.ClH/c1-7-4-6-2-3-8-5-6;/h2-3,5,7H,4H2,1H3;1H. The van der Waals surface area contributed by atoms with Crippen LogP contribution in [-0.4, -0.2) is 7.05 Å². The van der Waals surface area contributed by atoms with Crippen molar-refractivity contribution in [1.82, 2.24) is 5.32 Å². The Balaban J connectivity index is 0.000000640. The third-order valence-electron chi connectivity index (χ3n) is 0.961. The highest BCUT2D eigenvalue weighted by Gasteiger charge is 1.85. The molecule has 0 aliphatic rings. The summed E-state index contributed by atoms with van der Waals surface area (Å²) < 4.78 is 0. The quantitative estimate of drug-likeness (QED) is 0.702. The zero-order chi connectivity index (χ0) is 5.82. The second-order valence-electron chi connectivity index (χ2n) is 1.66. The molecule has 1 N–H and O–H groups in total. The SMILES string of the molecule is CNCc1ccsc1.Cl. The Morgan fingerprint density at radius 3 is 2.89 bits per heavy atom. The van der Waals surface area contributed by atoms with Gasteiger partial charge < -0.3 is 5.32 Å². The van der Waals surface area contributed by atoms with Crippen LogP contribution in [0.4, 0.5) is 0 Å². The maximum absolute atomic E-state index is 3.08. The summed E-state index contributed by atoms with van der Waals surface area (Å²) >= 11 is 1.74. The maximum Gasteiger partial charge on any atom is 0.0210 e. The third-order valence-corrected chi connectivity index (χ3v) is 1.69. The van der Waals surface area contributed by atoms with Crippen LogP contribution in [0.15, 0.2) is 16.8 Å². The van der Waals surface area contributed by atoms with Gasteiger partial charge in [0, 0.05) is 6.54 Å². The highest BCUT2D eigenvalue weighted by atomic mass is 35.5. The molecule has 0 saturated heterocycles. The topological polar surface area (TPSA) is 12.0 Å². The molecule has 0 unspecified atom stereocenters. The van der Waals surface area contributed by atoms with E-state index in [1.165, 1.54) is 5.56 Å². The molecule has 1 aromatic heterocycles. The van der Waals surface area contributed by atoms with Gasteiger partial charge in [0.15, 0.2) is 0 Å². The number of halogens is 1. The van der Waals surface area contributed by atoms with Crippen molar-refractivity contribution >= 4 is 23.7 Å². The van der Waals surface area contributed by atoms with Crippen molar-refractivity contribution in [3.8, 4) is 0 Å². The molecule has 9 heavy (non-hydrogen) atoms. The van der Waals surface area contributed by atoms with E-state index in [-0.39, 0.29) is 12.4 Å². The Hall–Kier alpha value is -0.0500. The van der Waals surface area contributed by atoms with Crippen molar-refractivity contribution in [3.05, 3.63) is 22.4 Å². The van der Waals surface area contributed by atoms with Crippen molar-refractivity contribution in [2.24, 2.45) is 0 Å². The Labute approximate surface area is 65.5 Å². The average Bonchev–Trinajstić information content (AvgIpc) is 2.19. The first-order valence-corrected chi connectivity index (χ1v) is 3.53. The summed E-state index contributed by atoms with van der Waals surface area (Å²) in [5.41, 5.74) is 1.37. The van der Waals surface area contributed by atoms with Crippen molar-refractivity contribution in [2.45, 2.75) is 6.54 Å². The summed E-state index contributed by atoms with van der Waals surface area (Å²) in [5.74, 6) is 0. The molecule has 0 aliphatic heterocycles. The van der Waals surface area contributed by atoms with E-state index in [4.69, 9.17) is 0 Å². The van der Waals surface area contributed by atoms with Gasteiger partial charge in [-0.25, -0.2) is 0 Å². The van der Waals surface area contributed by atoms with Gasteiger partial charge in [-0.15, -0.1) is 12.4 Å². The minimum absolute atomic E-state index is 0. The Kier molecular flexibility index (Phi) is 4.77. The van der Waals surface area contributed by atoms with Gasteiger partial charge in [-0.2, -0.15) is 11.3 Å². The van der Waals surface area contributed by atoms with Crippen molar-refractivity contribution < 1.29 is 0 Å². The van der Waals surface area contributed by atoms with Gasteiger partial charge in [0.05, 0.1) is 0 Å². The lowest BCUT2D eigenvalue weighted by Crippen LogP contribution is -2.03. The van der Waals surface area contributed by atoms with Gasteiger partial charge in [-0.1, -0.05) is 0 Å². The van der Waals surface area contributed by atoms with Crippen molar-refractivity contribution in [2.75, 3.05) is 7.05 Å². The molecule has 0 aliphatic carbocycles. The van der Waals surface area contributed by atoms with Crippen LogP contribution in [0, 0.1) is 0 Å². The molecule has 1 rings (SSSR count). The molecule has 0 radical (unpaired) electrons. The lowest BCUT2D eigenvalue weighted by molar-refractivity contribution is 0.821. The first kappa shape index (κ1) is 8.95. The van der Waals surface area contributed by atoms with E-state index in [0.717, 1.165) is 6.54 Å². The van der Waals surface area contributed by atoms with Crippen LogP contribution >= 0.6 is 23.7 Å². The zero-order valence-corrected chi connectivity index (χ0v) is 6.89. The highest BCUT2D eigenvalue weighted by molar-refractivity contribution is 7.07. The fourth-order valence-electron chi connectivity index (χ4n) is 0.597. The molecule has 1 nitrogen and oxygen atoms in total. The van der Waals surface area contributed by atoms with Crippen molar-refractivity contribution in [3.63, 3.8) is 0 Å². The highest BCUT2D eigenvalue weighted by Crippen LogP contribution is 2.03. The molecule has 3 heteroatoms. The summed E-state index contributed by atoms with van der Waals surface area (Å²) in [7, 11) is 1.96. The Morgan fingerprint density at radius 1 is 1.67 bits per heavy atom. The van der Waals surface area contributed by atoms with Gasteiger partial charge >= 0.3 is 0 Å². The summed E-state index contributed by atoms with van der Waals surface area (Å²) in [6, 6.07) is 2.13. The molecule has 0 bridgehead atoms. The van der Waals surface area contributed by atoms with Crippen LogP contribution in [-0.2, 0) is 6.54 Å². The summed E-state index contributed by atoms with van der Waals surface area (Å²) in [6.45, 7) is 0.990. The molecule has 52 valence electrons. The van der Waals surface area contributed by atoms with Gasteiger partial charge in [0.1, 0.15) is 0 Å². The average molecular weight is 164 g/mol. The zero-order valence-electron chi connectivity index (χ0n) is 5.26. The summed E-state index contributed by atoms with van der Waals surface area (Å²) in [4.78, 5) is 0. The molecular weight excluding hydrogens is 154 g/mol. The molecule has 1 heterocycles. The molecule has 0 spiro atoms. The van der Waals surface area contributed by atoms with Crippen LogP contribution in [0.1, 0.15) is 5.56 Å². The van der Waals surface area contributed by atoms with Crippen LogP contribution in [0.3, 0.4) is 0 Å². The molecule has 1 aromatic rings. The molecule has 0 saturated carbocycles. The molecule has 0 fully saturated rings. The molecule has 0 atom stereocenters. The first-order chi connectivity index (χ1) is 3.93. The van der Waals surface area contributed by atoms with Crippen LogP contribution in [0.5, 0.6) is 0 Å². The third kappa shape index (κ3) is 2.84. The Bertz CT molecular complexity index is 139. The molecule has 0 aromatic carbocycles. The number of rotatable bonds is 2. The van der Waals surface area contributed by atoms with Crippen molar-refractivity contribution in [1.29, 1.82) is 0 Å². The van der Waals surface area contributed by atoms with E-state index in [1.54, 1.807) is 11.3 Å². The second kappa shape index (κ2) is 4.79. The molecular formula is C6H10ClNS. The lowest BCUT2D eigenvalue weighted by Gasteiger charge is -1.89. The monoisotopic (exact) mass is 163 g/mol. The summed E-state index contributed by atoms with van der Waals surface area (Å²) in [6.07, 6.45) is 0. The van der Waals surface area contributed by atoms with Gasteiger partial charge in [-0.05, 0) is 29.4 Å². The Morgan fingerprint density at radius 2 is 2.44 bits per heavy atom. The first-order valence-electron chi connectivity index (χ1n) is 2.59. The minimum atomic E-state index is 0. The minimum Gasteiger partial charge on any atom is -0.316 e. The van der Waals surface area contributed by atoms with Gasteiger partial charge in [0.25, 0.3) is 0 Å². The van der Waals surface area contributed by atoms with E-state index in [2.05, 4.69) is 22.1 Å². The van der Waals surface area contributed by atoms with Gasteiger partial charge in [-0.3, -0.25) is 0 Å². The predicted octanol–water partition coefficient (Wildman–Crippen LogP) is 1.89. The van der Waals surface area contributed by atoms with E-state index in [1.807, 2.05) is 7.05 Å². The lowest BCUT2D eigenvalue weighted by atomic mass is 10.3. The normalized spacial score (nSPS) is 8.56. The van der Waals surface area contributed by atoms with E-state index in [0.29, 0.717) is 0 Å². The molecule has 0 amide bonds. The number of nitrogens with one attached hydrogen (secondary N) is 1. The maximum atomic E-state index is 3.08. The van der Waals surface area contributed by atoms with Crippen LogP contribution < -0.4 is 5.32 Å². The predicted molar refractivity (Wildman–Crippen MR) is 44.3 cm³/mol. The fraction of sp³-hybridized carbons (Fsp3) is 0.333. The number of hydrogen-bond donors (Lipinski definition) is 1.